The van der Waals surface area contributed by atoms with Crippen molar-refractivity contribution in [2.45, 2.75) is 13.2 Å². The van der Waals surface area contributed by atoms with Crippen molar-refractivity contribution >= 4 is 36.4 Å². The Morgan fingerprint density at radius 3 is 2.33 bits per heavy atom. The zero-order chi connectivity index (χ0) is 17.9. The molecule has 2 rings (SSSR count). The van der Waals surface area contributed by atoms with Gasteiger partial charge in [0.1, 0.15) is 6.61 Å². The van der Waals surface area contributed by atoms with Crippen LogP contribution in [0.25, 0.3) is 0 Å². The van der Waals surface area contributed by atoms with E-state index in [4.69, 9.17) is 26.2 Å². The molecule has 0 fully saturated rings. The van der Waals surface area contributed by atoms with Crippen molar-refractivity contribution in [1.29, 1.82) is 0 Å². The number of methoxy groups -OCH3 is 1. The van der Waals surface area contributed by atoms with Crippen LogP contribution >= 0.6 is 36.4 Å². The van der Waals surface area contributed by atoms with E-state index < -0.39 is 0 Å². The van der Waals surface area contributed by atoms with Crippen LogP contribution in [0, 0.1) is 0 Å². The van der Waals surface area contributed by atoms with Crippen molar-refractivity contribution in [2.75, 3.05) is 33.4 Å². The van der Waals surface area contributed by atoms with Crippen LogP contribution in [0.4, 0.5) is 0 Å². The van der Waals surface area contributed by atoms with Gasteiger partial charge in [0, 0.05) is 42.3 Å². The fourth-order valence-electron chi connectivity index (χ4n) is 2.39. The number of hydrogen-bond donors (Lipinski definition) is 3. The van der Waals surface area contributed by atoms with E-state index in [0.29, 0.717) is 30.5 Å². The highest BCUT2D eigenvalue weighted by Gasteiger charge is 2.11. The van der Waals surface area contributed by atoms with Gasteiger partial charge in [0.05, 0.1) is 13.7 Å². The summed E-state index contributed by atoms with van der Waals surface area (Å²) in [4.78, 5) is 0. The molecular formula is C19H27Cl3N2O3. The summed E-state index contributed by atoms with van der Waals surface area (Å²) < 4.78 is 11.5. The van der Waals surface area contributed by atoms with E-state index in [9.17, 15) is 0 Å². The first-order valence-corrected chi connectivity index (χ1v) is 8.68. The lowest BCUT2D eigenvalue weighted by molar-refractivity contribution is 0.280. The topological polar surface area (TPSA) is 62.8 Å². The number of aliphatic hydroxyl groups is 1. The lowest BCUT2D eigenvalue weighted by atomic mass is 10.1. The Kier molecular flexibility index (Phi) is 14.1. The minimum absolute atomic E-state index is 0. The lowest BCUT2D eigenvalue weighted by Crippen LogP contribution is -2.28. The zero-order valence-electron chi connectivity index (χ0n) is 15.2. The van der Waals surface area contributed by atoms with Crippen molar-refractivity contribution in [3.05, 3.63) is 58.6 Å². The molecule has 0 atom stereocenters. The summed E-state index contributed by atoms with van der Waals surface area (Å²) in [6.45, 7) is 3.38. The molecule has 0 radical (unpaired) electrons. The average Bonchev–Trinajstić information content (AvgIpc) is 2.64. The first-order valence-electron chi connectivity index (χ1n) is 8.30. The quantitative estimate of drug-likeness (QED) is 0.470. The molecule has 2 aromatic carbocycles. The molecule has 0 saturated carbocycles. The predicted octanol–water partition coefficient (Wildman–Crippen LogP) is 3.44. The molecule has 0 aromatic heterocycles. The fraction of sp³-hybridized carbons (Fsp3) is 0.368. The molecule has 0 bridgehead atoms. The maximum Gasteiger partial charge on any atom is 0.166 e. The van der Waals surface area contributed by atoms with Gasteiger partial charge in [-0.25, -0.2) is 0 Å². The van der Waals surface area contributed by atoms with Crippen LogP contribution in [-0.2, 0) is 13.2 Å². The van der Waals surface area contributed by atoms with Gasteiger partial charge in [-0.3, -0.25) is 0 Å². The van der Waals surface area contributed by atoms with E-state index in [0.717, 1.165) is 30.0 Å². The number of halogens is 3. The second-order valence-electron chi connectivity index (χ2n) is 5.48. The van der Waals surface area contributed by atoms with Crippen LogP contribution in [0.3, 0.4) is 0 Å². The third-order valence-corrected chi connectivity index (χ3v) is 4.06. The van der Waals surface area contributed by atoms with E-state index >= 15 is 0 Å². The maximum absolute atomic E-state index is 8.74. The second kappa shape index (κ2) is 14.8. The van der Waals surface area contributed by atoms with E-state index in [1.165, 1.54) is 0 Å². The van der Waals surface area contributed by atoms with Gasteiger partial charge in [-0.1, -0.05) is 41.9 Å². The number of benzene rings is 2. The molecule has 5 nitrogen and oxygen atoms in total. The summed E-state index contributed by atoms with van der Waals surface area (Å²) in [6, 6.07) is 13.5. The monoisotopic (exact) mass is 436 g/mol. The standard InChI is InChI=1S/C19H25ClN2O3.2ClH/c1-24-18-8-4-6-15(13-22-10-9-21-11-12-23)19(18)25-14-16-5-2-3-7-17(16)20;;/h2-8,21-23H,9-14H2,1H3;2*1H. The number of hydrogen-bond acceptors (Lipinski definition) is 5. The minimum atomic E-state index is 0. The number of ether oxygens (including phenoxy) is 2. The summed E-state index contributed by atoms with van der Waals surface area (Å²) in [6.07, 6.45) is 0. The Morgan fingerprint density at radius 2 is 1.63 bits per heavy atom. The second-order valence-corrected chi connectivity index (χ2v) is 5.89. The predicted molar refractivity (Wildman–Crippen MR) is 115 cm³/mol. The SMILES string of the molecule is COc1cccc(CNCCNCCO)c1OCc1ccccc1Cl.Cl.Cl. The fourth-order valence-corrected chi connectivity index (χ4v) is 2.58. The lowest BCUT2D eigenvalue weighted by Gasteiger charge is -2.16. The highest BCUT2D eigenvalue weighted by atomic mass is 35.5. The van der Waals surface area contributed by atoms with Gasteiger partial charge in [0.25, 0.3) is 0 Å². The summed E-state index contributed by atoms with van der Waals surface area (Å²) in [7, 11) is 1.63. The highest BCUT2D eigenvalue weighted by molar-refractivity contribution is 6.31. The van der Waals surface area contributed by atoms with E-state index in [-0.39, 0.29) is 31.4 Å². The molecule has 27 heavy (non-hydrogen) atoms. The van der Waals surface area contributed by atoms with Crippen LogP contribution in [-0.4, -0.2) is 38.5 Å². The Balaban J connectivity index is 0.00000338. The Labute approximate surface area is 178 Å². The summed E-state index contributed by atoms with van der Waals surface area (Å²) >= 11 is 6.20. The summed E-state index contributed by atoms with van der Waals surface area (Å²) in [5.41, 5.74) is 1.95. The van der Waals surface area contributed by atoms with Gasteiger partial charge in [0.15, 0.2) is 11.5 Å². The number of rotatable bonds is 11. The van der Waals surface area contributed by atoms with Gasteiger partial charge in [-0.05, 0) is 12.1 Å². The van der Waals surface area contributed by atoms with Crippen LogP contribution in [0.2, 0.25) is 5.02 Å². The van der Waals surface area contributed by atoms with Gasteiger partial charge < -0.3 is 25.2 Å². The maximum atomic E-state index is 8.74. The Bertz CT molecular complexity index is 660. The minimum Gasteiger partial charge on any atom is -0.493 e. The normalized spacial score (nSPS) is 9.89. The molecule has 0 unspecified atom stereocenters. The van der Waals surface area contributed by atoms with E-state index in [1.54, 1.807) is 7.11 Å². The van der Waals surface area contributed by atoms with Crippen molar-refractivity contribution in [1.82, 2.24) is 10.6 Å². The third kappa shape index (κ3) is 8.56. The molecule has 0 amide bonds. The molecule has 152 valence electrons. The average molecular weight is 438 g/mol. The van der Waals surface area contributed by atoms with Gasteiger partial charge in [-0.2, -0.15) is 0 Å². The van der Waals surface area contributed by atoms with E-state index in [2.05, 4.69) is 10.6 Å². The third-order valence-electron chi connectivity index (χ3n) is 3.69. The molecule has 0 aliphatic rings. The molecular weight excluding hydrogens is 411 g/mol. The Hall–Kier alpha value is -1.21. The van der Waals surface area contributed by atoms with Crippen molar-refractivity contribution in [2.24, 2.45) is 0 Å². The van der Waals surface area contributed by atoms with Crippen molar-refractivity contribution in [3.8, 4) is 11.5 Å². The number of nitrogens with one attached hydrogen (secondary N) is 2. The molecule has 0 saturated heterocycles. The summed E-state index contributed by atoms with van der Waals surface area (Å²) in [5, 5.41) is 15.9. The summed E-state index contributed by atoms with van der Waals surface area (Å²) in [5.74, 6) is 1.42. The first-order chi connectivity index (χ1) is 12.3. The Morgan fingerprint density at radius 1 is 0.926 bits per heavy atom. The highest BCUT2D eigenvalue weighted by Crippen LogP contribution is 2.32. The zero-order valence-corrected chi connectivity index (χ0v) is 17.6. The number of para-hydroxylation sites is 1. The molecule has 3 N–H and O–H groups in total. The van der Waals surface area contributed by atoms with Crippen LogP contribution in [0.15, 0.2) is 42.5 Å². The van der Waals surface area contributed by atoms with E-state index in [1.807, 2.05) is 42.5 Å². The van der Waals surface area contributed by atoms with Gasteiger partial charge in [0.2, 0.25) is 0 Å². The molecule has 0 heterocycles. The molecule has 0 spiro atoms. The van der Waals surface area contributed by atoms with Gasteiger partial charge in [-0.15, -0.1) is 24.8 Å². The molecule has 0 aliphatic carbocycles. The van der Waals surface area contributed by atoms with Crippen LogP contribution in [0.5, 0.6) is 11.5 Å². The smallest absolute Gasteiger partial charge is 0.166 e. The molecule has 8 heteroatoms. The molecule has 0 aliphatic heterocycles. The van der Waals surface area contributed by atoms with Crippen LogP contribution < -0.4 is 20.1 Å². The number of aliphatic hydroxyl groups excluding tert-OH is 1. The van der Waals surface area contributed by atoms with Crippen LogP contribution in [0.1, 0.15) is 11.1 Å². The largest absolute Gasteiger partial charge is 0.493 e. The first kappa shape index (κ1) is 25.8. The molecule has 2 aromatic rings. The van der Waals surface area contributed by atoms with Crippen molar-refractivity contribution in [3.63, 3.8) is 0 Å². The van der Waals surface area contributed by atoms with Crippen molar-refractivity contribution < 1.29 is 14.6 Å². The van der Waals surface area contributed by atoms with Gasteiger partial charge >= 0.3 is 0 Å².